The molecule has 0 aliphatic heterocycles. The number of hydrogen-bond donors (Lipinski definition) is 0. The molecule has 0 saturated heterocycles. The van der Waals surface area contributed by atoms with Gasteiger partial charge < -0.3 is 4.90 Å². The highest BCUT2D eigenvalue weighted by atomic mass is 32.2. The van der Waals surface area contributed by atoms with Crippen LogP contribution in [0, 0.1) is 0 Å². The molecule has 2 aromatic heterocycles. The van der Waals surface area contributed by atoms with Crippen LogP contribution in [0.15, 0.2) is 71.9 Å². The summed E-state index contributed by atoms with van der Waals surface area (Å²) in [6.45, 7) is 0.414. The normalized spacial score (nSPS) is 10.9. The number of thiazole rings is 1. The van der Waals surface area contributed by atoms with E-state index in [4.69, 9.17) is 4.98 Å². The van der Waals surface area contributed by atoms with E-state index in [-0.39, 0.29) is 5.91 Å². The average Bonchev–Trinajstić information content (AvgIpc) is 3.20. The van der Waals surface area contributed by atoms with Crippen LogP contribution in [0.3, 0.4) is 0 Å². The van der Waals surface area contributed by atoms with E-state index in [1.165, 1.54) is 16.2 Å². The van der Waals surface area contributed by atoms with Crippen molar-refractivity contribution in [2.75, 3.05) is 30.2 Å². The number of nitrogens with zero attached hydrogens (tertiary/aromatic N) is 4. The molecule has 4 rings (SSSR count). The van der Waals surface area contributed by atoms with Gasteiger partial charge in [0.05, 0.1) is 16.8 Å². The Morgan fingerprint density at radius 3 is 2.57 bits per heavy atom. The largest absolute Gasteiger partial charge is 0.378 e. The number of thioether (sulfide) groups is 1. The zero-order valence-electron chi connectivity index (χ0n) is 17.1. The van der Waals surface area contributed by atoms with Gasteiger partial charge in [0.25, 0.3) is 5.91 Å². The first kappa shape index (κ1) is 20.4. The van der Waals surface area contributed by atoms with Crippen LogP contribution in [0.4, 0.5) is 10.8 Å². The number of pyridine rings is 1. The third-order valence-corrected chi connectivity index (χ3v) is 6.52. The van der Waals surface area contributed by atoms with Gasteiger partial charge in [-0.05, 0) is 60.4 Å². The number of aromatic nitrogens is 2. The zero-order valence-corrected chi connectivity index (χ0v) is 18.7. The highest BCUT2D eigenvalue weighted by molar-refractivity contribution is 7.98. The number of fused-ring (bicyclic) bond motifs is 1. The Hall–Kier alpha value is -2.90. The standard InChI is InChI=1S/C23H22N4OS2/c1-26(2)18-8-6-17(7-9-18)22(28)27(15-16-5-4-12-24-14-16)23-25-20-11-10-19(29-3)13-21(20)30-23/h4-14H,15H2,1-3H3. The van der Waals surface area contributed by atoms with E-state index >= 15 is 0 Å². The number of carbonyl (C=O) groups is 1. The third-order valence-electron chi connectivity index (χ3n) is 4.75. The molecule has 2 heterocycles. The summed E-state index contributed by atoms with van der Waals surface area (Å²) < 4.78 is 1.07. The molecule has 0 saturated carbocycles. The first-order valence-corrected chi connectivity index (χ1v) is 11.5. The molecule has 1 amide bonds. The maximum atomic E-state index is 13.5. The molecule has 30 heavy (non-hydrogen) atoms. The number of hydrogen-bond acceptors (Lipinski definition) is 6. The first-order valence-electron chi connectivity index (χ1n) is 9.48. The molecule has 7 heteroatoms. The fourth-order valence-corrected chi connectivity index (χ4v) is 4.61. The summed E-state index contributed by atoms with van der Waals surface area (Å²) in [4.78, 5) is 27.4. The fraction of sp³-hybridized carbons (Fsp3) is 0.174. The lowest BCUT2D eigenvalue weighted by atomic mass is 10.1. The molecule has 2 aromatic carbocycles. The molecule has 0 fully saturated rings. The van der Waals surface area contributed by atoms with Gasteiger partial charge in [-0.3, -0.25) is 14.7 Å². The number of anilines is 2. The Morgan fingerprint density at radius 1 is 1.10 bits per heavy atom. The molecule has 0 bridgehead atoms. The second-order valence-corrected chi connectivity index (χ2v) is 8.91. The van der Waals surface area contributed by atoms with Crippen LogP contribution in [0.1, 0.15) is 15.9 Å². The topological polar surface area (TPSA) is 49.3 Å². The molecule has 0 atom stereocenters. The van der Waals surface area contributed by atoms with Crippen LogP contribution in [-0.2, 0) is 6.54 Å². The molecule has 0 unspecified atom stereocenters. The minimum absolute atomic E-state index is 0.0756. The van der Waals surface area contributed by atoms with Gasteiger partial charge in [0.15, 0.2) is 5.13 Å². The number of amides is 1. The highest BCUT2D eigenvalue weighted by Crippen LogP contribution is 2.33. The molecule has 0 aliphatic rings. The Morgan fingerprint density at radius 2 is 1.90 bits per heavy atom. The average molecular weight is 435 g/mol. The van der Waals surface area contributed by atoms with Gasteiger partial charge in [0, 0.05) is 42.6 Å². The fourth-order valence-electron chi connectivity index (χ4n) is 3.09. The van der Waals surface area contributed by atoms with Crippen LogP contribution in [0.5, 0.6) is 0 Å². The summed E-state index contributed by atoms with van der Waals surface area (Å²) in [6, 6.07) is 17.7. The lowest BCUT2D eigenvalue weighted by Gasteiger charge is -2.20. The second kappa shape index (κ2) is 8.85. The Bertz CT molecular complexity index is 1160. The minimum atomic E-state index is -0.0756. The maximum Gasteiger partial charge on any atom is 0.260 e. The van der Waals surface area contributed by atoms with Crippen LogP contribution >= 0.6 is 23.1 Å². The third kappa shape index (κ3) is 4.32. The number of carbonyl (C=O) groups excluding carboxylic acids is 1. The summed E-state index contributed by atoms with van der Waals surface area (Å²) in [5.74, 6) is -0.0756. The molecule has 152 valence electrons. The van der Waals surface area contributed by atoms with Crippen molar-refractivity contribution in [3.63, 3.8) is 0 Å². The first-order chi connectivity index (χ1) is 14.5. The van der Waals surface area contributed by atoms with Crippen LogP contribution < -0.4 is 9.80 Å². The minimum Gasteiger partial charge on any atom is -0.378 e. The Labute approximate surface area is 184 Å². The van der Waals surface area contributed by atoms with Gasteiger partial charge in [-0.1, -0.05) is 17.4 Å². The van der Waals surface area contributed by atoms with E-state index in [1.807, 2.05) is 61.5 Å². The van der Waals surface area contributed by atoms with Gasteiger partial charge in [0.2, 0.25) is 0 Å². The van der Waals surface area contributed by atoms with Crippen molar-refractivity contribution in [3.8, 4) is 0 Å². The molecule has 0 N–H and O–H groups in total. The van der Waals surface area contributed by atoms with Crippen molar-refractivity contribution >= 4 is 50.0 Å². The quantitative estimate of drug-likeness (QED) is 0.384. The summed E-state index contributed by atoms with van der Waals surface area (Å²) in [6.07, 6.45) is 5.57. The molecule has 4 aromatic rings. The van der Waals surface area contributed by atoms with Gasteiger partial charge in [-0.2, -0.15) is 0 Å². The molecule has 0 spiro atoms. The monoisotopic (exact) mass is 434 g/mol. The van der Waals surface area contributed by atoms with Crippen LogP contribution in [-0.4, -0.2) is 36.2 Å². The van der Waals surface area contributed by atoms with E-state index in [1.54, 1.807) is 29.1 Å². The van der Waals surface area contributed by atoms with Crippen molar-refractivity contribution in [2.24, 2.45) is 0 Å². The molecular weight excluding hydrogens is 412 g/mol. The Kier molecular flexibility index (Phi) is 6.01. The predicted octanol–water partition coefficient (Wildman–Crippen LogP) is 5.33. The van der Waals surface area contributed by atoms with Gasteiger partial charge in [-0.15, -0.1) is 11.8 Å². The highest BCUT2D eigenvalue weighted by Gasteiger charge is 2.22. The Balaban J connectivity index is 1.73. The van der Waals surface area contributed by atoms with E-state index in [2.05, 4.69) is 23.4 Å². The van der Waals surface area contributed by atoms with E-state index in [9.17, 15) is 4.79 Å². The number of rotatable bonds is 6. The summed E-state index contributed by atoms with van der Waals surface area (Å²) in [7, 11) is 3.96. The molecule has 0 radical (unpaired) electrons. The van der Waals surface area contributed by atoms with Crippen LogP contribution in [0.2, 0.25) is 0 Å². The lowest BCUT2D eigenvalue weighted by Crippen LogP contribution is -2.30. The smallest absolute Gasteiger partial charge is 0.260 e. The van der Waals surface area contributed by atoms with Crippen molar-refractivity contribution in [1.29, 1.82) is 0 Å². The van der Waals surface area contributed by atoms with E-state index < -0.39 is 0 Å². The van der Waals surface area contributed by atoms with Crippen molar-refractivity contribution in [1.82, 2.24) is 9.97 Å². The SMILES string of the molecule is CSc1ccc2nc(N(Cc3cccnc3)C(=O)c3ccc(N(C)C)cc3)sc2c1. The predicted molar refractivity (Wildman–Crippen MR) is 127 cm³/mol. The van der Waals surface area contributed by atoms with Crippen molar-refractivity contribution < 1.29 is 4.79 Å². The maximum absolute atomic E-state index is 13.5. The van der Waals surface area contributed by atoms with Crippen molar-refractivity contribution in [3.05, 3.63) is 78.1 Å². The second-order valence-electron chi connectivity index (χ2n) is 7.02. The zero-order chi connectivity index (χ0) is 21.1. The molecule has 5 nitrogen and oxygen atoms in total. The summed E-state index contributed by atoms with van der Waals surface area (Å²) in [5.41, 5.74) is 3.54. The summed E-state index contributed by atoms with van der Waals surface area (Å²) >= 11 is 3.23. The van der Waals surface area contributed by atoms with Gasteiger partial charge in [-0.25, -0.2) is 4.98 Å². The van der Waals surface area contributed by atoms with Crippen molar-refractivity contribution in [2.45, 2.75) is 11.4 Å². The number of benzene rings is 2. The molecular formula is C23H22N4OS2. The van der Waals surface area contributed by atoms with Gasteiger partial charge >= 0.3 is 0 Å². The molecule has 0 aliphatic carbocycles. The van der Waals surface area contributed by atoms with Gasteiger partial charge in [0.1, 0.15) is 0 Å². The van der Waals surface area contributed by atoms with E-state index in [0.717, 1.165) is 21.5 Å². The van der Waals surface area contributed by atoms with Crippen LogP contribution in [0.25, 0.3) is 10.2 Å². The summed E-state index contributed by atoms with van der Waals surface area (Å²) in [5, 5.41) is 0.689. The van der Waals surface area contributed by atoms with E-state index in [0.29, 0.717) is 17.2 Å². The lowest BCUT2D eigenvalue weighted by molar-refractivity contribution is 0.0985.